The van der Waals surface area contributed by atoms with Crippen LogP contribution in [0.2, 0.25) is 0 Å². The molecule has 0 spiro atoms. The lowest BCUT2D eigenvalue weighted by atomic mass is 9.74. The number of phenols is 3. The van der Waals surface area contributed by atoms with E-state index < -0.39 is 161 Å². The molecule has 4 heterocycles. The average Bonchev–Trinajstić information content (AvgIpc) is 4.03. The van der Waals surface area contributed by atoms with Crippen LogP contribution >= 0.6 is 35.3 Å². The van der Waals surface area contributed by atoms with Crippen LogP contribution in [0.4, 0.5) is 0 Å². The first-order valence-corrected chi connectivity index (χ1v) is 27.8. The van der Waals surface area contributed by atoms with Gasteiger partial charge in [0.25, 0.3) is 0 Å². The Kier molecular flexibility index (Phi) is 17.8. The summed E-state index contributed by atoms with van der Waals surface area (Å²) in [5.41, 5.74) is 33.9. The molecule has 4 saturated heterocycles. The molecule has 29 heteroatoms. The molecule has 81 heavy (non-hydrogen) atoms. The van der Waals surface area contributed by atoms with Gasteiger partial charge in [0.1, 0.15) is 46.1 Å². The number of benzene rings is 3. The first-order chi connectivity index (χ1) is 37.7. The summed E-state index contributed by atoms with van der Waals surface area (Å²) in [4.78, 5) is 141. The van der Waals surface area contributed by atoms with Gasteiger partial charge in [-0.1, -0.05) is 36.4 Å². The zero-order valence-corrected chi connectivity index (χ0v) is 46.8. The maximum atomic E-state index is 15.7. The predicted octanol–water partition coefficient (Wildman–Crippen LogP) is 0.00290. The van der Waals surface area contributed by atoms with Crippen molar-refractivity contribution in [2.24, 2.45) is 45.8 Å². The number of nitrogens with one attached hydrogen (secondary N) is 2. The van der Waals surface area contributed by atoms with Gasteiger partial charge in [-0.05, 0) is 94.6 Å². The third-order valence-electron chi connectivity index (χ3n) is 15.4. The summed E-state index contributed by atoms with van der Waals surface area (Å²) in [6.45, 7) is 9.17. The molecule has 3 aromatic rings. The second-order valence-corrected chi connectivity index (χ2v) is 27.3. The fraction of sp³-hybridized carbons (Fsp3) is 0.481. The lowest BCUT2D eigenvalue weighted by Gasteiger charge is -2.44. The number of fused-ring (bicyclic) bond motifs is 1. The highest BCUT2D eigenvalue weighted by Gasteiger charge is 2.65. The molecule has 4 aliphatic heterocycles. The van der Waals surface area contributed by atoms with Crippen LogP contribution in [-0.4, -0.2) is 172 Å². The number of phenolic OH excluding ortho intramolecular Hbond substituents is 3. The standard InChI is InChI=1S/C52H64N10O16S3/c1-50(2)39(47(72)73)59-43(79-50)27(36(67)31(55)26(20-9-15-23(64)16-10-20)42(70)58-34-44(71)61-40(48(74)75)51(3,4)81-46(34)61)32(56)35(66)25(19-7-13-22(63)14-8-19)30(54)37(68)28(45-62(60-78)41(49(76)77)52(5,6)80-45)33(57)38(69)29(53)21-11-17-24(65)18-12-21/h7-18,25-34,39-41,43,45-46,59,63-65H,53-57H2,1-6H3,(H,58,70)(H,72,73)(H,74,75)(H,76,77)/t25-,26-,27-,28-,29-,30?,31?,32?,33?,34-,39+,40+,41+,43?,45?,46?/m1/s1. The molecule has 0 saturated carbocycles. The molecule has 16 atom stereocenters. The predicted molar refractivity (Wildman–Crippen MR) is 296 cm³/mol. The third-order valence-corrected chi connectivity index (χ3v) is 20.0. The highest BCUT2D eigenvalue weighted by molar-refractivity contribution is 8.02. The van der Waals surface area contributed by atoms with E-state index >= 15 is 14.4 Å². The summed E-state index contributed by atoms with van der Waals surface area (Å²) in [7, 11) is 0. The Morgan fingerprint density at radius 1 is 0.568 bits per heavy atom. The maximum Gasteiger partial charge on any atom is 0.329 e. The number of carbonyl (C=O) groups is 9. The molecule has 7 unspecified atom stereocenters. The molecule has 0 aromatic heterocycles. The first-order valence-electron chi connectivity index (χ1n) is 25.2. The van der Waals surface area contributed by atoms with Gasteiger partial charge in [-0.15, -0.1) is 40.2 Å². The van der Waals surface area contributed by atoms with Gasteiger partial charge < -0.3 is 69.5 Å². The summed E-state index contributed by atoms with van der Waals surface area (Å²) >= 11 is 2.73. The van der Waals surface area contributed by atoms with Crippen molar-refractivity contribution in [2.45, 2.75) is 138 Å². The van der Waals surface area contributed by atoms with E-state index in [4.69, 9.17) is 28.7 Å². The van der Waals surface area contributed by atoms with Gasteiger partial charge in [-0.25, -0.2) is 14.6 Å². The highest BCUT2D eigenvalue weighted by atomic mass is 32.2. The van der Waals surface area contributed by atoms with Crippen molar-refractivity contribution in [1.82, 2.24) is 20.5 Å². The number of aromatic hydroxyl groups is 3. The van der Waals surface area contributed by atoms with Gasteiger partial charge in [-0.2, -0.15) is 0 Å². The molecule has 3 aromatic carbocycles. The van der Waals surface area contributed by atoms with E-state index in [1.54, 1.807) is 13.8 Å². The van der Waals surface area contributed by atoms with Crippen molar-refractivity contribution in [2.75, 3.05) is 0 Å². The second kappa shape index (κ2) is 23.3. The minimum absolute atomic E-state index is 0.000576. The van der Waals surface area contributed by atoms with Gasteiger partial charge in [-0.3, -0.25) is 38.9 Å². The van der Waals surface area contributed by atoms with Crippen molar-refractivity contribution >= 4 is 88.1 Å². The van der Waals surface area contributed by atoms with Crippen molar-refractivity contribution in [3.05, 3.63) is 94.4 Å². The summed E-state index contributed by atoms with van der Waals surface area (Å²) in [5, 5.41) is 66.4. The molecule has 4 aliphatic rings. The molecule has 7 rings (SSSR count). The lowest BCUT2D eigenvalue weighted by molar-refractivity contribution is -0.161. The number of aliphatic carboxylic acids is 3. The van der Waals surface area contributed by atoms with Gasteiger partial charge in [0, 0.05) is 14.2 Å². The number of carboxylic acids is 3. The van der Waals surface area contributed by atoms with E-state index in [1.165, 1.54) is 88.4 Å². The molecule has 436 valence electrons. The number of nitrogens with zero attached hydrogens (tertiary/aromatic N) is 3. The minimum Gasteiger partial charge on any atom is -0.508 e. The fourth-order valence-electron chi connectivity index (χ4n) is 11.2. The fourth-order valence-corrected chi connectivity index (χ4v) is 16.1. The number of β-lactam (4-membered cyclic amide) rings is 1. The van der Waals surface area contributed by atoms with E-state index in [9.17, 15) is 64.3 Å². The SMILES string of the molecule is CC1(C)SC([C@@H](C(=O)C(N)[C@H](C(=O)C(N)[C@H](C(=O)C(N)[C@H](C(=O)N[C@@H]2C(=O)N3C2SC(C)(C)[C@@H]3C(=O)O)c2ccc(O)cc2)C2N[C@@H](C(=O)O)C(C)(C)S2)c2ccc(O)cc2)C(N)C(=O)[C@H](N)c2ccc(O)cc2)N(N=O)[C@H]1C(=O)O. The Morgan fingerprint density at radius 2 is 1.01 bits per heavy atom. The van der Waals surface area contributed by atoms with Crippen molar-refractivity contribution in [1.29, 1.82) is 0 Å². The zero-order chi connectivity index (χ0) is 60.3. The molecule has 0 aliphatic carbocycles. The molecular formula is C52H64N10O16S3. The first kappa shape index (κ1) is 61.9. The van der Waals surface area contributed by atoms with Crippen molar-refractivity contribution in [3.63, 3.8) is 0 Å². The largest absolute Gasteiger partial charge is 0.508 e. The average molecular weight is 1180 g/mol. The molecular weight excluding hydrogens is 1120 g/mol. The van der Waals surface area contributed by atoms with Gasteiger partial charge >= 0.3 is 17.9 Å². The van der Waals surface area contributed by atoms with E-state index in [0.717, 1.165) is 52.3 Å². The number of hydrogen-bond acceptors (Lipinski definition) is 23. The molecule has 2 amide bonds. The summed E-state index contributed by atoms with van der Waals surface area (Å²) < 4.78 is -3.69. The Bertz CT molecular complexity index is 3010. The maximum absolute atomic E-state index is 15.7. The Morgan fingerprint density at radius 3 is 1.48 bits per heavy atom. The Balaban J connectivity index is 1.32. The lowest BCUT2D eigenvalue weighted by Crippen LogP contribution is -2.71. The number of hydrogen-bond donors (Lipinski definition) is 13. The smallest absolute Gasteiger partial charge is 0.329 e. The molecule has 18 N–H and O–H groups in total. The van der Waals surface area contributed by atoms with Gasteiger partial charge in [0.15, 0.2) is 29.2 Å². The quantitative estimate of drug-likeness (QED) is 0.0439. The van der Waals surface area contributed by atoms with Crippen LogP contribution in [0.25, 0.3) is 0 Å². The molecule has 4 fully saturated rings. The van der Waals surface area contributed by atoms with E-state index in [0.29, 0.717) is 5.01 Å². The number of thioether (sulfide) groups is 3. The van der Waals surface area contributed by atoms with Crippen LogP contribution in [0.15, 0.2) is 78.1 Å². The number of nitrogens with two attached hydrogens (primary N) is 5. The van der Waals surface area contributed by atoms with Crippen LogP contribution in [0, 0.1) is 16.7 Å². The summed E-state index contributed by atoms with van der Waals surface area (Å²) in [6.07, 6.45) is 0. The highest BCUT2D eigenvalue weighted by Crippen LogP contribution is 2.52. The van der Waals surface area contributed by atoms with Crippen LogP contribution in [-0.2, 0) is 43.2 Å². The third kappa shape index (κ3) is 11.7. The summed E-state index contributed by atoms with van der Waals surface area (Å²) in [5.74, 6) is -19.1. The number of nitroso groups, excluding NO2 is 1. The van der Waals surface area contributed by atoms with Crippen LogP contribution in [0.1, 0.15) is 76.1 Å². The topological polar surface area (TPSA) is 465 Å². The van der Waals surface area contributed by atoms with E-state index in [2.05, 4.69) is 15.9 Å². The van der Waals surface area contributed by atoms with Gasteiger partial charge in [0.05, 0.1) is 64.5 Å². The Hall–Kier alpha value is -6.70. The van der Waals surface area contributed by atoms with E-state index in [1.807, 2.05) is 0 Å². The minimum atomic E-state index is -2.19. The number of carboxylic acid groups (broad SMARTS) is 3. The van der Waals surface area contributed by atoms with Crippen LogP contribution in [0.5, 0.6) is 17.2 Å². The number of ketones is 4. The molecule has 0 bridgehead atoms. The van der Waals surface area contributed by atoms with E-state index in [-0.39, 0.29) is 33.9 Å². The second-order valence-electron chi connectivity index (χ2n) is 22.0. The number of Topliss-reactive ketones (excluding diaryl/α,β-unsaturated/α-hetero) is 4. The molecule has 0 radical (unpaired) electrons. The Labute approximate surface area is 476 Å². The van der Waals surface area contributed by atoms with Crippen LogP contribution < -0.4 is 39.3 Å². The van der Waals surface area contributed by atoms with Crippen molar-refractivity contribution in [3.8, 4) is 17.2 Å². The van der Waals surface area contributed by atoms with Crippen molar-refractivity contribution < 1.29 is 73.8 Å². The zero-order valence-electron chi connectivity index (χ0n) is 44.4. The number of amides is 2. The van der Waals surface area contributed by atoms with Gasteiger partial charge in [0.2, 0.25) is 11.8 Å². The molecule has 26 nitrogen and oxygen atoms in total. The normalized spacial score (nSPS) is 26.7. The monoisotopic (exact) mass is 1180 g/mol. The number of rotatable bonds is 23. The number of carbonyl (C=O) groups excluding carboxylic acids is 6. The summed E-state index contributed by atoms with van der Waals surface area (Å²) in [6, 6.07) is -1.16. The van der Waals surface area contributed by atoms with Crippen LogP contribution in [0.3, 0.4) is 0 Å².